The Hall–Kier alpha value is -4.61. The number of thioether (sulfide) groups is 1. The van der Waals surface area contributed by atoms with Crippen molar-refractivity contribution < 1.29 is 14.3 Å². The summed E-state index contributed by atoms with van der Waals surface area (Å²) in [5.41, 5.74) is 5.58. The molecule has 1 aliphatic rings. The molecule has 4 aromatic rings. The summed E-state index contributed by atoms with van der Waals surface area (Å²) >= 11 is 1.32. The Morgan fingerprint density at radius 3 is 2.62 bits per heavy atom. The highest BCUT2D eigenvalue weighted by Gasteiger charge is 2.33. The van der Waals surface area contributed by atoms with Crippen LogP contribution in [0.4, 0.5) is 5.69 Å². The number of likely N-dealkylation sites (N-methyl/N-ethyl adjacent to an activating group) is 1. The minimum absolute atomic E-state index is 0.112. The van der Waals surface area contributed by atoms with Gasteiger partial charge in [0.2, 0.25) is 0 Å². The van der Waals surface area contributed by atoms with Crippen LogP contribution >= 0.6 is 11.8 Å². The molecule has 0 unspecified atom stereocenters. The lowest BCUT2D eigenvalue weighted by atomic mass is 10.1. The van der Waals surface area contributed by atoms with E-state index in [0.717, 1.165) is 27.7 Å². The lowest BCUT2D eigenvalue weighted by molar-refractivity contribution is -0.122. The van der Waals surface area contributed by atoms with Gasteiger partial charge in [-0.15, -0.1) is 0 Å². The lowest BCUT2D eigenvalue weighted by Gasteiger charge is -2.12. The molecule has 0 N–H and O–H groups in total. The van der Waals surface area contributed by atoms with Gasteiger partial charge in [0, 0.05) is 35.2 Å². The maximum Gasteiger partial charge on any atom is 0.338 e. The lowest BCUT2D eigenvalue weighted by Crippen LogP contribution is -2.28. The molecule has 1 amide bonds. The minimum Gasteiger partial charge on any atom is -0.462 e. The number of fused-ring (bicyclic) bond motifs is 1. The third-order valence-corrected chi connectivity index (χ3v) is 7.81. The Kier molecular flexibility index (Phi) is 7.85. The first-order chi connectivity index (χ1) is 19.4. The smallest absolute Gasteiger partial charge is 0.338 e. The van der Waals surface area contributed by atoms with Crippen molar-refractivity contribution in [1.82, 2.24) is 9.47 Å². The molecule has 0 aliphatic carbocycles. The van der Waals surface area contributed by atoms with E-state index in [2.05, 4.69) is 22.8 Å². The van der Waals surface area contributed by atoms with Gasteiger partial charge >= 0.3 is 5.97 Å². The summed E-state index contributed by atoms with van der Waals surface area (Å²) in [6.45, 7) is 7.02. The zero-order chi connectivity index (χ0) is 28.2. The number of amidine groups is 1. The number of aliphatic imine (C=N–C) groups is 1. The maximum atomic E-state index is 13.5. The second-order valence-corrected chi connectivity index (χ2v) is 10.2. The van der Waals surface area contributed by atoms with Gasteiger partial charge in [0.15, 0.2) is 5.17 Å². The van der Waals surface area contributed by atoms with Gasteiger partial charge in [-0.05, 0) is 74.5 Å². The summed E-state index contributed by atoms with van der Waals surface area (Å²) in [4.78, 5) is 32.6. The first kappa shape index (κ1) is 27.0. The van der Waals surface area contributed by atoms with E-state index in [-0.39, 0.29) is 5.91 Å². The van der Waals surface area contributed by atoms with E-state index in [9.17, 15) is 14.9 Å². The van der Waals surface area contributed by atoms with Gasteiger partial charge in [0.25, 0.3) is 5.91 Å². The molecule has 7 nitrogen and oxygen atoms in total. The molecule has 1 fully saturated rings. The standard InChI is InChI=1S/C32H28N4O3S/c1-4-35-30(37)29(40-32(35)34-25-14-10-13-22(17-25)31(38)39-5-2)18-27-21(3)36(28-16-9-8-15-26(27)28)20-24-12-7-6-11-23(24)19-33/h6-18H,4-5,20H2,1-3H3. The van der Waals surface area contributed by atoms with Gasteiger partial charge in [0.1, 0.15) is 0 Å². The van der Waals surface area contributed by atoms with E-state index in [1.54, 1.807) is 36.1 Å². The van der Waals surface area contributed by atoms with E-state index in [0.29, 0.717) is 46.6 Å². The zero-order valence-electron chi connectivity index (χ0n) is 22.5. The van der Waals surface area contributed by atoms with Crippen LogP contribution in [0.25, 0.3) is 17.0 Å². The van der Waals surface area contributed by atoms with Crippen LogP contribution in [0.5, 0.6) is 0 Å². The minimum atomic E-state index is -0.406. The van der Waals surface area contributed by atoms with Crippen LogP contribution in [0.3, 0.4) is 0 Å². The molecule has 0 saturated carbocycles. The normalized spacial score (nSPS) is 15.2. The number of hydrogen-bond acceptors (Lipinski definition) is 6. The van der Waals surface area contributed by atoms with Crippen molar-refractivity contribution in [3.05, 3.63) is 106 Å². The van der Waals surface area contributed by atoms with Crippen LogP contribution in [0.15, 0.2) is 82.7 Å². The van der Waals surface area contributed by atoms with E-state index in [4.69, 9.17) is 9.73 Å². The predicted octanol–water partition coefficient (Wildman–Crippen LogP) is 6.67. The quantitative estimate of drug-likeness (QED) is 0.190. The van der Waals surface area contributed by atoms with Crippen molar-refractivity contribution in [2.24, 2.45) is 4.99 Å². The third-order valence-electron chi connectivity index (χ3n) is 6.81. The van der Waals surface area contributed by atoms with Gasteiger partial charge in [-0.2, -0.15) is 5.26 Å². The molecular formula is C32H28N4O3S. The van der Waals surface area contributed by atoms with E-state index in [1.165, 1.54) is 11.8 Å². The molecule has 8 heteroatoms. The number of nitriles is 1. The number of hydrogen-bond donors (Lipinski definition) is 0. The fourth-order valence-corrected chi connectivity index (χ4v) is 5.85. The Balaban J connectivity index is 1.53. The number of rotatable bonds is 7. The highest BCUT2D eigenvalue weighted by Crippen LogP contribution is 2.37. The summed E-state index contributed by atoms with van der Waals surface area (Å²) in [6.07, 6.45) is 1.94. The topological polar surface area (TPSA) is 87.7 Å². The SMILES string of the molecule is CCOC(=O)c1cccc(N=C2SC(=Cc3c(C)n(Cc4ccccc4C#N)c4ccccc34)C(=O)N2CC)c1. The van der Waals surface area contributed by atoms with Crippen molar-refractivity contribution in [2.75, 3.05) is 13.2 Å². The second kappa shape index (κ2) is 11.6. The largest absolute Gasteiger partial charge is 0.462 e. The maximum absolute atomic E-state index is 13.5. The first-order valence-corrected chi connectivity index (χ1v) is 13.9. The molecule has 1 saturated heterocycles. The van der Waals surface area contributed by atoms with Gasteiger partial charge in [-0.1, -0.05) is 42.5 Å². The van der Waals surface area contributed by atoms with Crippen molar-refractivity contribution in [3.63, 3.8) is 0 Å². The zero-order valence-corrected chi connectivity index (χ0v) is 23.4. The number of carbonyl (C=O) groups is 2. The molecule has 0 spiro atoms. The van der Waals surface area contributed by atoms with Crippen molar-refractivity contribution in [1.29, 1.82) is 5.26 Å². The van der Waals surface area contributed by atoms with E-state index < -0.39 is 5.97 Å². The fraction of sp³-hybridized carbons (Fsp3) is 0.188. The summed E-state index contributed by atoms with van der Waals surface area (Å²) in [7, 11) is 0. The number of aromatic nitrogens is 1. The molecule has 200 valence electrons. The summed E-state index contributed by atoms with van der Waals surface area (Å²) in [5, 5.41) is 11.2. The highest BCUT2D eigenvalue weighted by molar-refractivity contribution is 8.18. The van der Waals surface area contributed by atoms with Gasteiger partial charge in [-0.25, -0.2) is 9.79 Å². The van der Waals surface area contributed by atoms with Crippen LogP contribution < -0.4 is 0 Å². The van der Waals surface area contributed by atoms with Crippen LogP contribution in [0.2, 0.25) is 0 Å². The number of para-hydroxylation sites is 1. The molecule has 40 heavy (non-hydrogen) atoms. The third kappa shape index (κ3) is 5.16. The molecule has 5 rings (SSSR count). The number of benzene rings is 3. The average molecular weight is 549 g/mol. The van der Waals surface area contributed by atoms with Gasteiger partial charge < -0.3 is 9.30 Å². The van der Waals surface area contributed by atoms with Crippen LogP contribution in [0, 0.1) is 18.3 Å². The van der Waals surface area contributed by atoms with Gasteiger partial charge in [-0.3, -0.25) is 9.69 Å². The number of amides is 1. The predicted molar refractivity (Wildman–Crippen MR) is 159 cm³/mol. The molecule has 0 atom stereocenters. The Labute approximate surface area is 237 Å². The number of carbonyl (C=O) groups excluding carboxylic acids is 2. The fourth-order valence-electron chi connectivity index (χ4n) is 4.81. The second-order valence-electron chi connectivity index (χ2n) is 9.20. The molecule has 0 bridgehead atoms. The van der Waals surface area contributed by atoms with Crippen molar-refractivity contribution in [2.45, 2.75) is 27.3 Å². The summed E-state index contributed by atoms with van der Waals surface area (Å²) in [6, 6.07) is 24.9. The monoisotopic (exact) mass is 548 g/mol. The number of esters is 1. The highest BCUT2D eigenvalue weighted by atomic mass is 32.2. The van der Waals surface area contributed by atoms with Crippen LogP contribution in [-0.2, 0) is 16.1 Å². The molecule has 0 radical (unpaired) electrons. The molecule has 3 aromatic carbocycles. The van der Waals surface area contributed by atoms with E-state index >= 15 is 0 Å². The van der Waals surface area contributed by atoms with E-state index in [1.807, 2.05) is 56.3 Å². The first-order valence-electron chi connectivity index (χ1n) is 13.1. The van der Waals surface area contributed by atoms with Crippen LogP contribution in [-0.4, -0.2) is 39.7 Å². The number of nitrogens with zero attached hydrogens (tertiary/aromatic N) is 4. The van der Waals surface area contributed by atoms with Crippen molar-refractivity contribution in [3.8, 4) is 6.07 Å². The van der Waals surface area contributed by atoms with Crippen LogP contribution in [0.1, 0.15) is 46.6 Å². The summed E-state index contributed by atoms with van der Waals surface area (Å²) < 4.78 is 7.30. The summed E-state index contributed by atoms with van der Waals surface area (Å²) in [5.74, 6) is -0.518. The molecule has 2 heterocycles. The molecule has 1 aliphatic heterocycles. The average Bonchev–Trinajstić information content (AvgIpc) is 3.41. The Morgan fingerprint density at radius 2 is 1.85 bits per heavy atom. The van der Waals surface area contributed by atoms with Gasteiger partial charge in [0.05, 0.1) is 34.4 Å². The van der Waals surface area contributed by atoms with Crippen molar-refractivity contribution >= 4 is 51.5 Å². The molecule has 1 aromatic heterocycles. The molecular weight excluding hydrogens is 520 g/mol. The Morgan fingerprint density at radius 1 is 1.07 bits per heavy atom. The number of ether oxygens (including phenoxy) is 1. The Bertz CT molecular complexity index is 1730.